The number of hydrogen-bond acceptors (Lipinski definition) is 5. The molecule has 1 aliphatic heterocycles. The third kappa shape index (κ3) is 5.49. The molecule has 0 radical (unpaired) electrons. The first-order valence-electron chi connectivity index (χ1n) is 10.1. The number of nitrogens with one attached hydrogen (secondary N) is 1. The molecule has 30 heavy (non-hydrogen) atoms. The predicted molar refractivity (Wildman–Crippen MR) is 118 cm³/mol. The summed E-state index contributed by atoms with van der Waals surface area (Å²) in [6.07, 6.45) is 5.01. The number of aryl methyl sites for hydroxylation is 1. The summed E-state index contributed by atoms with van der Waals surface area (Å²) >= 11 is 0. The lowest BCUT2D eigenvalue weighted by molar-refractivity contribution is 0.00578. The van der Waals surface area contributed by atoms with E-state index < -0.39 is 24.4 Å². The SMILES string of the molecule is Cc1cncc(C=C(CNC(=O)OCc2ccccc2)B2OC(C)(C)C(C)(C)O2)c1. The minimum absolute atomic E-state index is 0.212. The second-order valence-corrected chi connectivity index (χ2v) is 8.52. The average molecular weight is 408 g/mol. The number of benzene rings is 1. The van der Waals surface area contributed by atoms with Gasteiger partial charge in [0.1, 0.15) is 6.61 Å². The first-order chi connectivity index (χ1) is 14.2. The zero-order valence-electron chi connectivity index (χ0n) is 18.3. The highest BCUT2D eigenvalue weighted by Gasteiger charge is 2.52. The number of aromatic nitrogens is 1. The van der Waals surface area contributed by atoms with E-state index in [1.54, 1.807) is 12.4 Å². The number of hydrogen-bond donors (Lipinski definition) is 1. The van der Waals surface area contributed by atoms with Gasteiger partial charge in [0.2, 0.25) is 0 Å². The molecule has 1 aromatic carbocycles. The number of pyridine rings is 1. The molecule has 1 saturated heterocycles. The number of alkyl carbamates (subject to hydrolysis) is 1. The maximum atomic E-state index is 12.2. The summed E-state index contributed by atoms with van der Waals surface area (Å²) < 4.78 is 17.7. The van der Waals surface area contributed by atoms with Crippen LogP contribution in [0.4, 0.5) is 4.79 Å². The van der Waals surface area contributed by atoms with E-state index in [4.69, 9.17) is 14.0 Å². The molecule has 1 aliphatic rings. The smallest absolute Gasteiger partial charge is 0.445 e. The molecule has 3 rings (SSSR count). The van der Waals surface area contributed by atoms with Gasteiger partial charge in [0.05, 0.1) is 11.2 Å². The lowest BCUT2D eigenvalue weighted by Crippen LogP contribution is -2.41. The van der Waals surface area contributed by atoms with Crippen LogP contribution in [-0.2, 0) is 20.7 Å². The molecule has 158 valence electrons. The van der Waals surface area contributed by atoms with Gasteiger partial charge in [0.25, 0.3) is 0 Å². The minimum atomic E-state index is -0.579. The Kier molecular flexibility index (Phi) is 6.63. The summed E-state index contributed by atoms with van der Waals surface area (Å²) in [6.45, 7) is 10.4. The van der Waals surface area contributed by atoms with Gasteiger partial charge in [0.15, 0.2) is 0 Å². The van der Waals surface area contributed by atoms with Crippen LogP contribution in [0.2, 0.25) is 0 Å². The molecule has 0 unspecified atom stereocenters. The average Bonchev–Trinajstić information content (AvgIpc) is 2.91. The Morgan fingerprint density at radius 2 is 1.80 bits per heavy atom. The lowest BCUT2D eigenvalue weighted by atomic mass is 9.77. The van der Waals surface area contributed by atoms with Crippen LogP contribution in [0.15, 0.2) is 54.3 Å². The van der Waals surface area contributed by atoms with Gasteiger partial charge < -0.3 is 19.4 Å². The van der Waals surface area contributed by atoms with E-state index in [-0.39, 0.29) is 13.2 Å². The van der Waals surface area contributed by atoms with Gasteiger partial charge in [-0.05, 0) is 62.8 Å². The Morgan fingerprint density at radius 1 is 1.13 bits per heavy atom. The summed E-state index contributed by atoms with van der Waals surface area (Å²) in [5, 5.41) is 2.81. The molecule has 0 saturated carbocycles. The first kappa shape index (κ1) is 22.1. The van der Waals surface area contributed by atoms with Crippen LogP contribution in [0.25, 0.3) is 6.08 Å². The van der Waals surface area contributed by atoms with Crippen molar-refractivity contribution in [3.05, 3.63) is 71.0 Å². The van der Waals surface area contributed by atoms with Crippen LogP contribution in [0.5, 0.6) is 0 Å². The molecule has 0 bridgehead atoms. The van der Waals surface area contributed by atoms with Gasteiger partial charge in [-0.2, -0.15) is 0 Å². The molecule has 1 fully saturated rings. The topological polar surface area (TPSA) is 69.7 Å². The quantitative estimate of drug-likeness (QED) is 0.721. The van der Waals surface area contributed by atoms with Gasteiger partial charge in [-0.3, -0.25) is 4.98 Å². The summed E-state index contributed by atoms with van der Waals surface area (Å²) in [4.78, 5) is 16.5. The zero-order valence-corrected chi connectivity index (χ0v) is 18.3. The molecule has 0 atom stereocenters. The molecule has 7 heteroatoms. The fourth-order valence-corrected chi connectivity index (χ4v) is 3.02. The summed E-state index contributed by atoms with van der Waals surface area (Å²) in [5.41, 5.74) is 2.73. The van der Waals surface area contributed by atoms with E-state index in [2.05, 4.69) is 10.3 Å². The summed E-state index contributed by atoms with van der Waals surface area (Å²) in [7, 11) is -0.579. The van der Waals surface area contributed by atoms with Crippen molar-refractivity contribution in [3.63, 3.8) is 0 Å². The third-order valence-electron chi connectivity index (χ3n) is 5.45. The fourth-order valence-electron chi connectivity index (χ4n) is 3.02. The van der Waals surface area contributed by atoms with Gasteiger partial charge in [-0.25, -0.2) is 4.79 Å². The summed E-state index contributed by atoms with van der Waals surface area (Å²) in [6, 6.07) is 11.6. The summed E-state index contributed by atoms with van der Waals surface area (Å²) in [5.74, 6) is 0. The van der Waals surface area contributed by atoms with Crippen LogP contribution in [0.3, 0.4) is 0 Å². The predicted octanol–water partition coefficient (Wildman–Crippen LogP) is 4.33. The second-order valence-electron chi connectivity index (χ2n) is 8.52. The van der Waals surface area contributed by atoms with Gasteiger partial charge >= 0.3 is 13.2 Å². The number of nitrogens with zero attached hydrogens (tertiary/aromatic N) is 1. The maximum Gasteiger partial charge on any atom is 0.492 e. The van der Waals surface area contributed by atoms with Crippen molar-refractivity contribution in [2.45, 2.75) is 52.4 Å². The Labute approximate surface area is 178 Å². The maximum absolute atomic E-state index is 12.2. The Hall–Kier alpha value is -2.64. The van der Waals surface area contributed by atoms with E-state index in [1.165, 1.54) is 0 Å². The van der Waals surface area contributed by atoms with Crippen molar-refractivity contribution in [3.8, 4) is 0 Å². The number of amides is 1. The molecular weight excluding hydrogens is 379 g/mol. The number of carbonyl (C=O) groups is 1. The Morgan fingerprint density at radius 3 is 2.43 bits per heavy atom. The molecule has 0 spiro atoms. The monoisotopic (exact) mass is 408 g/mol. The van der Waals surface area contributed by atoms with E-state index in [0.717, 1.165) is 22.2 Å². The Balaban J connectivity index is 1.71. The van der Waals surface area contributed by atoms with Gasteiger partial charge in [-0.1, -0.05) is 36.4 Å². The highest BCUT2D eigenvalue weighted by molar-refractivity contribution is 6.56. The van der Waals surface area contributed by atoms with Crippen LogP contribution < -0.4 is 5.32 Å². The molecule has 0 aliphatic carbocycles. The highest BCUT2D eigenvalue weighted by atomic mass is 16.7. The zero-order chi connectivity index (χ0) is 21.8. The molecule has 6 nitrogen and oxygen atoms in total. The first-order valence-corrected chi connectivity index (χ1v) is 10.1. The second kappa shape index (κ2) is 9.02. The van der Waals surface area contributed by atoms with Crippen LogP contribution >= 0.6 is 0 Å². The van der Waals surface area contributed by atoms with Crippen molar-refractivity contribution >= 4 is 19.3 Å². The molecule has 1 aromatic heterocycles. The van der Waals surface area contributed by atoms with Crippen molar-refractivity contribution in [2.75, 3.05) is 6.54 Å². The third-order valence-corrected chi connectivity index (χ3v) is 5.45. The van der Waals surface area contributed by atoms with Crippen molar-refractivity contribution in [1.82, 2.24) is 10.3 Å². The largest absolute Gasteiger partial charge is 0.492 e. The highest BCUT2D eigenvalue weighted by Crippen LogP contribution is 2.38. The van der Waals surface area contributed by atoms with E-state index in [0.29, 0.717) is 0 Å². The molecule has 2 aromatic rings. The molecular formula is C23H29BN2O4. The van der Waals surface area contributed by atoms with Gasteiger partial charge in [-0.15, -0.1) is 0 Å². The number of rotatable bonds is 6. The number of carbonyl (C=O) groups excluding carboxylic acids is 1. The van der Waals surface area contributed by atoms with Crippen molar-refractivity contribution in [2.24, 2.45) is 0 Å². The normalized spacial score (nSPS) is 17.6. The van der Waals surface area contributed by atoms with Crippen molar-refractivity contribution < 1.29 is 18.8 Å². The number of ether oxygens (including phenoxy) is 1. The van der Waals surface area contributed by atoms with Crippen LogP contribution in [0, 0.1) is 6.92 Å². The molecule has 2 heterocycles. The minimum Gasteiger partial charge on any atom is -0.445 e. The van der Waals surface area contributed by atoms with E-state index in [9.17, 15) is 4.79 Å². The Bertz CT molecular complexity index is 896. The molecule has 1 amide bonds. The van der Waals surface area contributed by atoms with Gasteiger partial charge in [0, 0.05) is 18.9 Å². The lowest BCUT2D eigenvalue weighted by Gasteiger charge is -2.32. The molecule has 1 N–H and O–H groups in total. The van der Waals surface area contributed by atoms with E-state index >= 15 is 0 Å². The van der Waals surface area contributed by atoms with Crippen LogP contribution in [0.1, 0.15) is 44.4 Å². The van der Waals surface area contributed by atoms with Crippen molar-refractivity contribution in [1.29, 1.82) is 0 Å². The standard InChI is InChI=1S/C23H29BN2O4/c1-17-11-19(14-25-13-17)12-20(24-29-22(2,3)23(4,5)30-24)15-26-21(27)28-16-18-9-7-6-8-10-18/h6-14H,15-16H2,1-5H3,(H,26,27). The fraction of sp³-hybridized carbons (Fsp3) is 0.391. The van der Waals surface area contributed by atoms with E-state index in [1.807, 2.05) is 77.1 Å². The van der Waals surface area contributed by atoms with Crippen LogP contribution in [-0.4, -0.2) is 35.9 Å².